The summed E-state index contributed by atoms with van der Waals surface area (Å²) >= 11 is 5.74. The Morgan fingerprint density at radius 2 is 1.72 bits per heavy atom. The van der Waals surface area contributed by atoms with Gasteiger partial charge in [0.1, 0.15) is 12.4 Å². The molecule has 2 aromatic carbocycles. The van der Waals surface area contributed by atoms with Crippen molar-refractivity contribution in [3.63, 3.8) is 0 Å². The quantitative estimate of drug-likeness (QED) is 0.383. The summed E-state index contributed by atoms with van der Waals surface area (Å²) in [6.45, 7) is -0.177. The Hall–Kier alpha value is -3.21. The Labute approximate surface area is 182 Å². The van der Waals surface area contributed by atoms with E-state index in [-0.39, 0.29) is 17.8 Å². The average molecular weight is 478 g/mol. The van der Waals surface area contributed by atoms with Crippen LogP contribution in [0.2, 0.25) is 5.02 Å². The average Bonchev–Trinajstić information content (AvgIpc) is 3.18. The number of nitrogens with zero attached hydrogens (tertiary/aromatic N) is 2. The third-order valence-electron chi connectivity index (χ3n) is 4.17. The molecular weight excluding hydrogens is 464 g/mol. The van der Waals surface area contributed by atoms with E-state index in [4.69, 9.17) is 16.3 Å². The van der Waals surface area contributed by atoms with Gasteiger partial charge in [-0.15, -0.1) is 0 Å². The van der Waals surface area contributed by atoms with E-state index in [2.05, 4.69) is 10.4 Å². The van der Waals surface area contributed by atoms with E-state index in [9.17, 15) is 31.1 Å². The van der Waals surface area contributed by atoms with Gasteiger partial charge in [-0.2, -0.15) is 31.4 Å². The molecule has 0 atom stereocenters. The van der Waals surface area contributed by atoms with Gasteiger partial charge in [-0.05, 0) is 42.5 Å². The van der Waals surface area contributed by atoms with E-state index >= 15 is 0 Å². The number of ether oxygens (including phenoxy) is 1. The molecule has 3 rings (SSSR count). The number of hydrogen-bond donors (Lipinski definition) is 1. The fraction of sp³-hybridized carbons (Fsp3) is 0.200. The number of rotatable bonds is 6. The minimum atomic E-state index is -5.06. The van der Waals surface area contributed by atoms with Crippen molar-refractivity contribution in [2.24, 2.45) is 0 Å². The molecule has 5 nitrogen and oxygen atoms in total. The zero-order chi connectivity index (χ0) is 23.5. The van der Waals surface area contributed by atoms with Gasteiger partial charge in [0.2, 0.25) is 0 Å². The standard InChI is InChI=1S/C20H14ClF6N3O2/c21-13-4-6-15(7-5-13)32-9-8-28-18(31)16-11-29-30(17(16)20(25,26)27)14-3-1-2-12(10-14)19(22,23)24/h1-7,10-11H,8-9H2,(H,28,31). The molecule has 0 aliphatic carbocycles. The van der Waals surface area contributed by atoms with Crippen LogP contribution in [-0.2, 0) is 12.4 Å². The van der Waals surface area contributed by atoms with Crippen LogP contribution < -0.4 is 10.1 Å². The Morgan fingerprint density at radius 1 is 1.03 bits per heavy atom. The second-order valence-corrected chi connectivity index (χ2v) is 6.86. The largest absolute Gasteiger partial charge is 0.492 e. The number of hydrogen-bond acceptors (Lipinski definition) is 3. The first-order chi connectivity index (χ1) is 15.0. The van der Waals surface area contributed by atoms with Crippen LogP contribution >= 0.6 is 11.6 Å². The molecule has 1 N–H and O–H groups in total. The van der Waals surface area contributed by atoms with Crippen molar-refractivity contribution in [3.05, 3.63) is 76.6 Å². The van der Waals surface area contributed by atoms with Crippen molar-refractivity contribution in [1.82, 2.24) is 15.1 Å². The van der Waals surface area contributed by atoms with Crippen molar-refractivity contribution in [1.29, 1.82) is 0 Å². The topological polar surface area (TPSA) is 56.1 Å². The zero-order valence-corrected chi connectivity index (χ0v) is 16.7. The number of carbonyl (C=O) groups is 1. The second kappa shape index (κ2) is 9.11. The summed E-state index contributed by atoms with van der Waals surface area (Å²) in [6, 6.07) is 9.52. The van der Waals surface area contributed by atoms with Gasteiger partial charge in [0.25, 0.3) is 5.91 Å². The molecule has 32 heavy (non-hydrogen) atoms. The van der Waals surface area contributed by atoms with Gasteiger partial charge in [-0.3, -0.25) is 4.79 Å². The van der Waals surface area contributed by atoms with Crippen LogP contribution in [0.5, 0.6) is 5.75 Å². The maximum absolute atomic E-state index is 13.7. The lowest BCUT2D eigenvalue weighted by molar-refractivity contribution is -0.143. The van der Waals surface area contributed by atoms with Gasteiger partial charge >= 0.3 is 12.4 Å². The summed E-state index contributed by atoms with van der Waals surface area (Å²) in [6.07, 6.45) is -9.17. The lowest BCUT2D eigenvalue weighted by Gasteiger charge is -2.14. The Morgan fingerprint density at radius 3 is 2.34 bits per heavy atom. The molecule has 12 heteroatoms. The number of benzene rings is 2. The highest BCUT2D eigenvalue weighted by atomic mass is 35.5. The summed E-state index contributed by atoms with van der Waals surface area (Å²) in [5, 5.41) is 6.27. The highest BCUT2D eigenvalue weighted by Gasteiger charge is 2.41. The summed E-state index contributed by atoms with van der Waals surface area (Å²) in [5.41, 5.74) is -3.96. The van der Waals surface area contributed by atoms with E-state index in [1.807, 2.05) is 0 Å². The Balaban J connectivity index is 1.78. The number of halogens is 7. The van der Waals surface area contributed by atoms with Gasteiger partial charge in [0, 0.05) is 5.02 Å². The molecule has 1 heterocycles. The van der Waals surface area contributed by atoms with Crippen LogP contribution in [0.4, 0.5) is 26.3 Å². The van der Waals surface area contributed by atoms with Crippen LogP contribution in [0.1, 0.15) is 21.6 Å². The van der Waals surface area contributed by atoms with Crippen molar-refractivity contribution >= 4 is 17.5 Å². The van der Waals surface area contributed by atoms with Crippen molar-refractivity contribution in [3.8, 4) is 11.4 Å². The number of carbonyl (C=O) groups excluding carboxylic acids is 1. The molecule has 0 aliphatic rings. The molecule has 1 aromatic heterocycles. The first-order valence-electron chi connectivity index (χ1n) is 8.96. The van der Waals surface area contributed by atoms with E-state index in [1.165, 1.54) is 0 Å². The van der Waals surface area contributed by atoms with E-state index < -0.39 is 40.8 Å². The first kappa shape index (κ1) is 23.5. The second-order valence-electron chi connectivity index (χ2n) is 6.42. The maximum Gasteiger partial charge on any atom is 0.434 e. The minimum Gasteiger partial charge on any atom is -0.492 e. The lowest BCUT2D eigenvalue weighted by Crippen LogP contribution is -2.30. The van der Waals surface area contributed by atoms with Crippen LogP contribution in [0.3, 0.4) is 0 Å². The molecular formula is C20H14ClF6N3O2. The predicted molar refractivity (Wildman–Crippen MR) is 103 cm³/mol. The number of nitrogens with one attached hydrogen (secondary N) is 1. The molecule has 0 saturated carbocycles. The highest BCUT2D eigenvalue weighted by molar-refractivity contribution is 6.30. The minimum absolute atomic E-state index is 0.0452. The number of alkyl halides is 6. The van der Waals surface area contributed by atoms with Crippen molar-refractivity contribution in [2.45, 2.75) is 12.4 Å². The van der Waals surface area contributed by atoms with E-state index in [0.717, 1.165) is 12.1 Å². The van der Waals surface area contributed by atoms with Gasteiger partial charge in [0.05, 0.1) is 29.6 Å². The summed E-state index contributed by atoms with van der Waals surface area (Å²) in [7, 11) is 0. The third kappa shape index (κ3) is 5.52. The predicted octanol–water partition coefficient (Wildman–Crippen LogP) is 5.37. The van der Waals surface area contributed by atoms with E-state index in [0.29, 0.717) is 29.1 Å². The van der Waals surface area contributed by atoms with Gasteiger partial charge in [-0.1, -0.05) is 17.7 Å². The van der Waals surface area contributed by atoms with Gasteiger partial charge in [-0.25, -0.2) is 4.68 Å². The molecule has 0 spiro atoms. The smallest absolute Gasteiger partial charge is 0.434 e. The molecule has 0 fully saturated rings. The molecule has 0 aliphatic heterocycles. The monoisotopic (exact) mass is 477 g/mol. The summed E-state index contributed by atoms with van der Waals surface area (Å²) in [4.78, 5) is 12.3. The Kier molecular flexibility index (Phi) is 6.68. The van der Waals surface area contributed by atoms with Crippen molar-refractivity contribution in [2.75, 3.05) is 13.2 Å². The normalized spacial score (nSPS) is 12.0. The molecule has 1 amide bonds. The SMILES string of the molecule is O=C(NCCOc1ccc(Cl)cc1)c1cnn(-c2cccc(C(F)(F)F)c2)c1C(F)(F)F. The first-order valence-corrected chi connectivity index (χ1v) is 9.34. The zero-order valence-electron chi connectivity index (χ0n) is 16.0. The molecule has 3 aromatic rings. The highest BCUT2D eigenvalue weighted by Crippen LogP contribution is 2.35. The van der Waals surface area contributed by atoms with Crippen LogP contribution in [-0.4, -0.2) is 28.8 Å². The van der Waals surface area contributed by atoms with Gasteiger partial charge in [0.15, 0.2) is 5.69 Å². The number of aromatic nitrogens is 2. The molecule has 0 unspecified atom stereocenters. The van der Waals surface area contributed by atoms with Crippen LogP contribution in [0, 0.1) is 0 Å². The van der Waals surface area contributed by atoms with Gasteiger partial charge < -0.3 is 10.1 Å². The number of amides is 1. The van der Waals surface area contributed by atoms with E-state index in [1.54, 1.807) is 24.3 Å². The molecule has 0 radical (unpaired) electrons. The molecule has 0 bridgehead atoms. The fourth-order valence-electron chi connectivity index (χ4n) is 2.76. The van der Waals surface area contributed by atoms with Crippen LogP contribution in [0.15, 0.2) is 54.7 Å². The third-order valence-corrected chi connectivity index (χ3v) is 4.42. The molecule has 0 saturated heterocycles. The summed E-state index contributed by atoms with van der Waals surface area (Å²) in [5.74, 6) is -0.660. The van der Waals surface area contributed by atoms with Crippen molar-refractivity contribution < 1.29 is 35.9 Å². The van der Waals surface area contributed by atoms with Crippen LogP contribution in [0.25, 0.3) is 5.69 Å². The summed E-state index contributed by atoms with van der Waals surface area (Å²) < 4.78 is 85.4. The fourth-order valence-corrected chi connectivity index (χ4v) is 2.88. The maximum atomic E-state index is 13.7. The molecule has 170 valence electrons. The Bertz CT molecular complexity index is 1090. The lowest BCUT2D eigenvalue weighted by atomic mass is 10.1.